The summed E-state index contributed by atoms with van der Waals surface area (Å²) < 4.78 is 12.0. The van der Waals surface area contributed by atoms with Gasteiger partial charge in [0.2, 0.25) is 0 Å². The summed E-state index contributed by atoms with van der Waals surface area (Å²) in [4.78, 5) is 16.0. The fourth-order valence-electron chi connectivity index (χ4n) is 2.27. The normalized spacial score (nSPS) is 10.6. The molecule has 1 aromatic carbocycles. The second kappa shape index (κ2) is 5.89. The largest absolute Gasteiger partial charge is 0.497 e. The third kappa shape index (κ3) is 2.65. The van der Waals surface area contributed by atoms with Crippen molar-refractivity contribution in [3.05, 3.63) is 54.5 Å². The van der Waals surface area contributed by atoms with E-state index in [1.807, 2.05) is 47.0 Å². The molecule has 0 aliphatic heterocycles. The summed E-state index contributed by atoms with van der Waals surface area (Å²) in [5.41, 5.74) is 3.06. The van der Waals surface area contributed by atoms with Gasteiger partial charge in [-0.3, -0.25) is 0 Å². The summed E-state index contributed by atoms with van der Waals surface area (Å²) in [5.74, 6) is 0.393. The molecule has 5 heteroatoms. The number of hydrogen-bond acceptors (Lipinski definition) is 4. The molecule has 0 atom stereocenters. The number of esters is 1. The van der Waals surface area contributed by atoms with Crippen molar-refractivity contribution >= 4 is 11.6 Å². The smallest absolute Gasteiger partial charge is 0.358 e. The van der Waals surface area contributed by atoms with Crippen LogP contribution in [-0.2, 0) is 4.74 Å². The van der Waals surface area contributed by atoms with Crippen molar-refractivity contribution in [1.29, 1.82) is 0 Å². The van der Waals surface area contributed by atoms with Crippen LogP contribution in [0.3, 0.4) is 0 Å². The molecule has 0 amide bonds. The summed E-state index contributed by atoms with van der Waals surface area (Å²) in [7, 11) is 1.64. The minimum atomic E-state index is -0.408. The average molecular weight is 296 g/mol. The van der Waals surface area contributed by atoms with Gasteiger partial charge >= 0.3 is 5.97 Å². The minimum Gasteiger partial charge on any atom is -0.497 e. The number of methoxy groups -OCH3 is 1. The SMILES string of the molecule is CCOC(=O)c1cn2cc(-c3cccc(OC)c3)ccc2n1. The van der Waals surface area contributed by atoms with Crippen LogP contribution in [0, 0.1) is 0 Å². The monoisotopic (exact) mass is 296 g/mol. The van der Waals surface area contributed by atoms with E-state index in [9.17, 15) is 4.79 Å². The maximum absolute atomic E-state index is 11.7. The van der Waals surface area contributed by atoms with Gasteiger partial charge in [-0.15, -0.1) is 0 Å². The van der Waals surface area contributed by atoms with E-state index in [1.165, 1.54) is 0 Å². The lowest BCUT2D eigenvalue weighted by Gasteiger charge is -2.05. The number of benzene rings is 1. The van der Waals surface area contributed by atoms with Crippen molar-refractivity contribution in [3.63, 3.8) is 0 Å². The fourth-order valence-corrected chi connectivity index (χ4v) is 2.27. The van der Waals surface area contributed by atoms with Gasteiger partial charge in [0.05, 0.1) is 13.7 Å². The molecule has 0 radical (unpaired) electrons. The highest BCUT2D eigenvalue weighted by atomic mass is 16.5. The summed E-state index contributed by atoms with van der Waals surface area (Å²) in [5, 5.41) is 0. The van der Waals surface area contributed by atoms with Crippen molar-refractivity contribution in [2.45, 2.75) is 6.92 Å². The number of ether oxygens (including phenoxy) is 2. The van der Waals surface area contributed by atoms with Crippen LogP contribution in [0.25, 0.3) is 16.8 Å². The minimum absolute atomic E-state index is 0.310. The molecule has 5 nitrogen and oxygen atoms in total. The van der Waals surface area contributed by atoms with Crippen LogP contribution in [0.2, 0.25) is 0 Å². The Morgan fingerprint density at radius 1 is 1.18 bits per heavy atom. The molecule has 0 saturated carbocycles. The number of hydrogen-bond donors (Lipinski definition) is 0. The van der Waals surface area contributed by atoms with Gasteiger partial charge in [-0.1, -0.05) is 12.1 Å². The molecule has 3 aromatic rings. The van der Waals surface area contributed by atoms with Crippen molar-refractivity contribution in [1.82, 2.24) is 9.38 Å². The van der Waals surface area contributed by atoms with E-state index in [2.05, 4.69) is 4.98 Å². The molecular weight excluding hydrogens is 280 g/mol. The first-order chi connectivity index (χ1) is 10.7. The molecule has 0 spiro atoms. The molecule has 0 N–H and O–H groups in total. The number of aromatic nitrogens is 2. The number of carbonyl (C=O) groups is 1. The molecule has 2 aromatic heterocycles. The second-order valence-electron chi connectivity index (χ2n) is 4.76. The van der Waals surface area contributed by atoms with Crippen LogP contribution < -0.4 is 4.74 Å². The Bertz CT molecular complexity index is 824. The predicted octanol–water partition coefficient (Wildman–Crippen LogP) is 3.19. The predicted molar refractivity (Wildman–Crippen MR) is 83.1 cm³/mol. The van der Waals surface area contributed by atoms with Gasteiger partial charge in [0.25, 0.3) is 0 Å². The van der Waals surface area contributed by atoms with Crippen LogP contribution >= 0.6 is 0 Å². The molecule has 112 valence electrons. The Labute approximate surface area is 128 Å². The zero-order valence-corrected chi connectivity index (χ0v) is 12.4. The molecule has 0 aliphatic carbocycles. The van der Waals surface area contributed by atoms with Crippen LogP contribution in [0.5, 0.6) is 5.75 Å². The topological polar surface area (TPSA) is 52.8 Å². The number of pyridine rings is 1. The van der Waals surface area contributed by atoms with E-state index in [0.29, 0.717) is 17.9 Å². The van der Waals surface area contributed by atoms with Gasteiger partial charge in [-0.25, -0.2) is 9.78 Å². The van der Waals surface area contributed by atoms with Gasteiger partial charge in [-0.05, 0) is 42.3 Å². The maximum Gasteiger partial charge on any atom is 0.358 e. The molecule has 0 fully saturated rings. The lowest BCUT2D eigenvalue weighted by Crippen LogP contribution is -2.04. The maximum atomic E-state index is 11.7. The Kier molecular flexibility index (Phi) is 3.78. The molecule has 3 rings (SSSR count). The molecule has 0 unspecified atom stereocenters. The number of imidazole rings is 1. The first-order valence-corrected chi connectivity index (χ1v) is 7.01. The van der Waals surface area contributed by atoms with Gasteiger partial charge in [-0.2, -0.15) is 0 Å². The van der Waals surface area contributed by atoms with Crippen molar-refractivity contribution < 1.29 is 14.3 Å². The Balaban J connectivity index is 2.00. The summed E-state index contributed by atoms with van der Waals surface area (Å²) >= 11 is 0. The van der Waals surface area contributed by atoms with Gasteiger partial charge < -0.3 is 13.9 Å². The first kappa shape index (κ1) is 14.1. The fraction of sp³-hybridized carbons (Fsp3) is 0.176. The second-order valence-corrected chi connectivity index (χ2v) is 4.76. The van der Waals surface area contributed by atoms with Gasteiger partial charge in [0.1, 0.15) is 11.4 Å². The van der Waals surface area contributed by atoms with Crippen molar-refractivity contribution in [2.24, 2.45) is 0 Å². The van der Waals surface area contributed by atoms with Gasteiger partial charge in [0, 0.05) is 12.4 Å². The Morgan fingerprint density at radius 2 is 2.05 bits per heavy atom. The van der Waals surface area contributed by atoms with E-state index in [-0.39, 0.29) is 0 Å². The highest BCUT2D eigenvalue weighted by Gasteiger charge is 2.12. The summed E-state index contributed by atoms with van der Waals surface area (Å²) in [6, 6.07) is 11.6. The Morgan fingerprint density at radius 3 is 2.82 bits per heavy atom. The van der Waals surface area contributed by atoms with E-state index < -0.39 is 5.97 Å². The zero-order chi connectivity index (χ0) is 15.5. The molecule has 0 bridgehead atoms. The van der Waals surface area contributed by atoms with Crippen LogP contribution in [-0.4, -0.2) is 29.1 Å². The van der Waals surface area contributed by atoms with Crippen LogP contribution in [0.1, 0.15) is 17.4 Å². The van der Waals surface area contributed by atoms with E-state index in [0.717, 1.165) is 16.9 Å². The lowest BCUT2D eigenvalue weighted by atomic mass is 10.1. The number of carbonyl (C=O) groups excluding carboxylic acids is 1. The van der Waals surface area contributed by atoms with E-state index in [1.54, 1.807) is 20.2 Å². The number of fused-ring (bicyclic) bond motifs is 1. The zero-order valence-electron chi connectivity index (χ0n) is 12.4. The Hall–Kier alpha value is -2.82. The standard InChI is InChI=1S/C17H16N2O3/c1-3-22-17(20)15-11-19-10-13(7-8-16(19)18-15)12-5-4-6-14(9-12)21-2/h4-11H,3H2,1-2H3. The quantitative estimate of drug-likeness (QED) is 0.694. The number of rotatable bonds is 4. The third-order valence-corrected chi connectivity index (χ3v) is 3.34. The first-order valence-electron chi connectivity index (χ1n) is 7.01. The summed E-state index contributed by atoms with van der Waals surface area (Å²) in [6.07, 6.45) is 3.61. The van der Waals surface area contributed by atoms with Crippen molar-refractivity contribution in [2.75, 3.05) is 13.7 Å². The van der Waals surface area contributed by atoms with Crippen LogP contribution in [0.4, 0.5) is 0 Å². The third-order valence-electron chi connectivity index (χ3n) is 3.34. The van der Waals surface area contributed by atoms with Gasteiger partial charge in [0.15, 0.2) is 5.69 Å². The average Bonchev–Trinajstić information content (AvgIpc) is 2.98. The molecular formula is C17H16N2O3. The van der Waals surface area contributed by atoms with Crippen LogP contribution in [0.15, 0.2) is 48.8 Å². The highest BCUT2D eigenvalue weighted by Crippen LogP contribution is 2.24. The molecule has 2 heterocycles. The van der Waals surface area contributed by atoms with E-state index in [4.69, 9.17) is 9.47 Å². The highest BCUT2D eigenvalue weighted by molar-refractivity contribution is 5.88. The molecule has 0 aliphatic rings. The molecule has 22 heavy (non-hydrogen) atoms. The summed E-state index contributed by atoms with van der Waals surface area (Å²) in [6.45, 7) is 2.11. The van der Waals surface area contributed by atoms with Crippen molar-refractivity contribution in [3.8, 4) is 16.9 Å². The van der Waals surface area contributed by atoms with E-state index >= 15 is 0 Å². The molecule has 0 saturated heterocycles. The number of nitrogens with zero attached hydrogens (tertiary/aromatic N) is 2. The lowest BCUT2D eigenvalue weighted by molar-refractivity contribution is 0.0520.